The minimum atomic E-state index is 0. The van der Waals surface area contributed by atoms with Gasteiger partial charge in [0.25, 0.3) is 0 Å². The molecule has 0 aliphatic heterocycles. The molecule has 2 fully saturated rings. The molecule has 2 aromatic carbocycles. The minimum absolute atomic E-state index is 0. The molecule has 0 N–H and O–H groups in total. The molecule has 0 saturated heterocycles. The molecule has 2 aliphatic rings. The molecule has 0 aromatic heterocycles. The van der Waals surface area contributed by atoms with E-state index in [-0.39, 0.29) is 46.1 Å². The molecule has 3 heteroatoms. The minimum Gasteiger partial charge on any atom is -0.343 e. The van der Waals surface area contributed by atoms with Crippen LogP contribution in [-0.2, 0) is 38.1 Å². The summed E-state index contributed by atoms with van der Waals surface area (Å²) in [6.07, 6.45) is 21.9. The van der Waals surface area contributed by atoms with Gasteiger partial charge in [0.15, 0.2) is 0 Å². The molecule has 2 saturated carbocycles. The van der Waals surface area contributed by atoms with Crippen molar-refractivity contribution in [2.45, 2.75) is 136 Å². The van der Waals surface area contributed by atoms with Crippen LogP contribution in [0.5, 0.6) is 0 Å². The van der Waals surface area contributed by atoms with Gasteiger partial charge in [0.05, 0.1) is 0 Å². The fraction of sp³-hybridized carbons (Fsp3) is 0.618. The van der Waals surface area contributed by atoms with Crippen LogP contribution in [0, 0.1) is 34.1 Å². The molecule has 0 spiro atoms. The maximum Gasteiger partial charge on any atom is 2.00 e. The second kappa shape index (κ2) is 25.2. The first-order valence-electron chi connectivity index (χ1n) is 14.6. The zero-order valence-electron chi connectivity index (χ0n) is 24.6. The van der Waals surface area contributed by atoms with Crippen molar-refractivity contribution in [3.8, 4) is 0 Å². The van der Waals surface area contributed by atoms with Gasteiger partial charge in [0.2, 0.25) is 0 Å². The van der Waals surface area contributed by atoms with E-state index in [1.807, 2.05) is 12.1 Å². The van der Waals surface area contributed by atoms with E-state index in [0.717, 1.165) is 24.2 Å². The van der Waals surface area contributed by atoms with Gasteiger partial charge in [0.1, 0.15) is 0 Å². The number of unbranched alkanes of at least 4 members (excludes halogenated alkanes) is 2. The van der Waals surface area contributed by atoms with Crippen LogP contribution in [0.25, 0.3) is 0 Å². The van der Waals surface area contributed by atoms with Crippen LogP contribution < -0.4 is 5.30 Å². The van der Waals surface area contributed by atoms with Gasteiger partial charge < -0.3 is 13.8 Å². The van der Waals surface area contributed by atoms with Crippen LogP contribution >= 0.6 is 7.92 Å². The van der Waals surface area contributed by atoms with E-state index in [0.29, 0.717) is 0 Å². The Bertz CT molecular complexity index is 682. The first-order valence-corrected chi connectivity index (χ1v) is 16.1. The molecule has 0 amide bonds. The van der Waals surface area contributed by atoms with Crippen LogP contribution in [0.15, 0.2) is 36.4 Å². The smallest absolute Gasteiger partial charge is 0.343 e. The quantitative estimate of drug-likeness (QED) is 0.157. The third-order valence-electron chi connectivity index (χ3n) is 7.20. The van der Waals surface area contributed by atoms with Gasteiger partial charge in [-0.25, -0.2) is 35.5 Å². The van der Waals surface area contributed by atoms with E-state index < -0.39 is 0 Å². The summed E-state index contributed by atoms with van der Waals surface area (Å²) in [4.78, 5) is 0. The van der Waals surface area contributed by atoms with Crippen LogP contribution in [0.2, 0.25) is 0 Å². The van der Waals surface area contributed by atoms with Crippen molar-refractivity contribution in [2.75, 3.05) is 0 Å². The normalized spacial score (nSPS) is 15.5. The summed E-state index contributed by atoms with van der Waals surface area (Å²) in [7, 11) is 0.0662. The second-order valence-corrected chi connectivity index (χ2v) is 13.0. The number of rotatable bonds is 6. The van der Waals surface area contributed by atoms with E-state index in [1.165, 1.54) is 82.6 Å². The van der Waals surface area contributed by atoms with E-state index in [2.05, 4.69) is 79.2 Å². The van der Waals surface area contributed by atoms with Gasteiger partial charge >= 0.3 is 17.1 Å². The zero-order valence-corrected chi connectivity index (χ0v) is 28.9. The van der Waals surface area contributed by atoms with Crippen molar-refractivity contribution < 1.29 is 38.1 Å². The van der Waals surface area contributed by atoms with Gasteiger partial charge in [-0.15, -0.1) is 6.92 Å². The Balaban J connectivity index is 0. The molecule has 2 aliphatic carbocycles. The molecule has 4 rings (SSSR count). The van der Waals surface area contributed by atoms with Gasteiger partial charge in [0, 0.05) is 21.1 Å². The van der Waals surface area contributed by atoms with E-state index in [9.17, 15) is 0 Å². The Morgan fingerprint density at radius 3 is 1.51 bits per heavy atom. The Hall–Kier alpha value is 0.208. The molecule has 218 valence electrons. The van der Waals surface area contributed by atoms with Crippen molar-refractivity contribution in [3.63, 3.8) is 0 Å². The zero-order chi connectivity index (χ0) is 25.9. The average molecular weight is 747 g/mol. The summed E-state index contributed by atoms with van der Waals surface area (Å²) >= 11 is 0. The molecule has 0 bridgehead atoms. The van der Waals surface area contributed by atoms with Crippen LogP contribution in [0.1, 0.15) is 127 Å². The van der Waals surface area contributed by atoms with Crippen LogP contribution in [0.4, 0.5) is 0 Å². The Morgan fingerprint density at radius 1 is 0.811 bits per heavy atom. The fourth-order valence-electron chi connectivity index (χ4n) is 5.04. The molecule has 37 heavy (non-hydrogen) atoms. The molecule has 0 nitrogen and oxygen atoms in total. The summed E-state index contributed by atoms with van der Waals surface area (Å²) in [5.41, 5.74) is 6.54. The first-order chi connectivity index (χ1) is 17.0. The summed E-state index contributed by atoms with van der Waals surface area (Å²) < 4.78 is 0. The Labute approximate surface area is 259 Å². The van der Waals surface area contributed by atoms with Crippen molar-refractivity contribution in [3.05, 3.63) is 73.4 Å². The average Bonchev–Trinajstić information content (AvgIpc) is 3.54. The molecule has 0 radical (unpaired) electrons. The summed E-state index contributed by atoms with van der Waals surface area (Å²) in [5.74, 6) is 0. The molecular weight excluding hydrogens is 690 g/mol. The third-order valence-corrected chi connectivity index (χ3v) is 10.9. The molecule has 0 unspecified atom stereocenters. The number of hydrogen-bond acceptors (Lipinski definition) is 0. The maximum atomic E-state index is 3.60. The third kappa shape index (κ3) is 15.5. The molecular formula is C34H56FePPt-3. The molecule has 2 aromatic rings. The van der Waals surface area contributed by atoms with Crippen molar-refractivity contribution >= 4 is 13.2 Å². The summed E-state index contributed by atoms with van der Waals surface area (Å²) in [6, 6.07) is 13.0. The van der Waals surface area contributed by atoms with Crippen LogP contribution in [0.3, 0.4) is 0 Å². The van der Waals surface area contributed by atoms with E-state index >= 15 is 0 Å². The first kappa shape index (κ1) is 39.4. The standard InChI is InChI=1S/C20H31P.C6H7.2C4H9.Fe.Pt/c1-3-17-15-14-16(2)20(17)21(18-10-6-4-7-11-18)19-12-8-5-9-13-19;1-6-4-2-3-5-6;2*1-3-4-2;;/h3,14-15,18-19H,4-13H2,1-2H3;2-5H,1H3;2*1,3-4H2,2H3;;/q-2;3*-1;+2;. The second-order valence-electron chi connectivity index (χ2n) is 10.3. The summed E-state index contributed by atoms with van der Waals surface area (Å²) in [5, 5.41) is 1.80. The van der Waals surface area contributed by atoms with Gasteiger partial charge in [-0.05, 0) is 37.0 Å². The summed E-state index contributed by atoms with van der Waals surface area (Å²) in [6.45, 7) is 18.1. The Morgan fingerprint density at radius 2 is 1.22 bits per heavy atom. The largest absolute Gasteiger partial charge is 2.00 e. The van der Waals surface area contributed by atoms with Gasteiger partial charge in [-0.3, -0.25) is 5.56 Å². The van der Waals surface area contributed by atoms with Crippen LogP contribution in [-0.4, -0.2) is 11.3 Å². The Kier molecular flexibility index (Phi) is 26.8. The molecule has 0 heterocycles. The molecule has 0 atom stereocenters. The SMILES string of the molecule is C[CH-]c1cc[c-](C)c1P(C1CCCCC1)C1CCCCC1.C[c-]1cccc1.[CH2-]CCC.[CH2-]CCC.[Fe+2].[Pt]. The van der Waals surface area contributed by atoms with Gasteiger partial charge in [-0.2, -0.15) is 44.5 Å². The topological polar surface area (TPSA) is 0 Å². The maximum absolute atomic E-state index is 3.60. The number of aryl methyl sites for hydroxylation is 2. The number of hydrogen-bond donors (Lipinski definition) is 0. The van der Waals surface area contributed by atoms with Crippen molar-refractivity contribution in [1.82, 2.24) is 0 Å². The van der Waals surface area contributed by atoms with Gasteiger partial charge in [-0.1, -0.05) is 79.1 Å². The van der Waals surface area contributed by atoms with E-state index in [4.69, 9.17) is 0 Å². The monoisotopic (exact) mass is 746 g/mol. The predicted molar refractivity (Wildman–Crippen MR) is 163 cm³/mol. The van der Waals surface area contributed by atoms with Crippen molar-refractivity contribution in [1.29, 1.82) is 0 Å². The fourth-order valence-corrected chi connectivity index (χ4v) is 9.19. The van der Waals surface area contributed by atoms with Crippen molar-refractivity contribution in [2.24, 2.45) is 0 Å². The van der Waals surface area contributed by atoms with E-state index in [1.54, 1.807) is 16.4 Å². The predicted octanol–water partition coefficient (Wildman–Crippen LogP) is 11.0.